The van der Waals surface area contributed by atoms with Gasteiger partial charge in [-0.05, 0) is 38.5 Å². The van der Waals surface area contributed by atoms with E-state index in [0.717, 1.165) is 32.1 Å². The molecule has 4 N–H and O–H groups in total. The lowest BCUT2D eigenvalue weighted by atomic mass is 9.99. The highest BCUT2D eigenvalue weighted by Gasteiger charge is 2.44. The maximum atomic E-state index is 12.8. The number of hydrogen-bond donors (Lipinski definition) is 4. The number of hydrogen-bond acceptors (Lipinski definition) is 9. The zero-order valence-corrected chi connectivity index (χ0v) is 35.0. The van der Waals surface area contributed by atoms with E-state index in [1.165, 1.54) is 154 Å². The minimum Gasteiger partial charge on any atom is -0.457 e. The molecular formula is C45H86O9. The first kappa shape index (κ1) is 50.9. The van der Waals surface area contributed by atoms with Crippen molar-refractivity contribution in [3.05, 3.63) is 12.2 Å². The number of aliphatic hydroxyl groups is 4. The predicted octanol–water partition coefficient (Wildman–Crippen LogP) is 10.0. The van der Waals surface area contributed by atoms with Crippen LogP contribution in [-0.2, 0) is 23.7 Å². The zero-order valence-electron chi connectivity index (χ0n) is 35.0. The number of rotatable bonds is 39. The minimum atomic E-state index is -1.53. The third-order valence-electron chi connectivity index (χ3n) is 10.7. The maximum absolute atomic E-state index is 12.8. The molecule has 0 bridgehead atoms. The average Bonchev–Trinajstić information content (AvgIpc) is 3.17. The molecule has 9 heteroatoms. The second-order valence-electron chi connectivity index (χ2n) is 15.9. The number of carbonyl (C=O) groups is 1. The van der Waals surface area contributed by atoms with Crippen LogP contribution in [0.1, 0.15) is 206 Å². The Morgan fingerprint density at radius 2 is 1.02 bits per heavy atom. The van der Waals surface area contributed by atoms with Gasteiger partial charge in [-0.25, -0.2) is 0 Å². The van der Waals surface area contributed by atoms with Crippen LogP contribution in [-0.4, -0.2) is 89.6 Å². The fourth-order valence-electron chi connectivity index (χ4n) is 7.08. The van der Waals surface area contributed by atoms with Crippen molar-refractivity contribution in [1.29, 1.82) is 0 Å². The van der Waals surface area contributed by atoms with Gasteiger partial charge in [-0.3, -0.25) is 4.79 Å². The molecule has 0 saturated carbocycles. The molecule has 9 nitrogen and oxygen atoms in total. The van der Waals surface area contributed by atoms with Gasteiger partial charge in [0.25, 0.3) is 0 Å². The summed E-state index contributed by atoms with van der Waals surface area (Å²) in [5, 5.41) is 40.1. The van der Waals surface area contributed by atoms with Gasteiger partial charge >= 0.3 is 5.97 Å². The molecule has 1 aliphatic heterocycles. The number of ether oxygens (including phenoxy) is 4. The Morgan fingerprint density at radius 3 is 1.50 bits per heavy atom. The quantitative estimate of drug-likeness (QED) is 0.0274. The molecule has 0 radical (unpaired) electrons. The molecule has 1 aliphatic rings. The first-order chi connectivity index (χ1) is 26.4. The van der Waals surface area contributed by atoms with Crippen molar-refractivity contribution in [2.24, 2.45) is 0 Å². The highest BCUT2D eigenvalue weighted by molar-refractivity contribution is 5.69. The summed E-state index contributed by atoms with van der Waals surface area (Å²) in [6, 6.07) is 0. The Hall–Kier alpha value is -1.07. The van der Waals surface area contributed by atoms with Crippen molar-refractivity contribution < 1.29 is 44.2 Å². The number of unbranched alkanes of at least 4 members (excludes halogenated alkanes) is 26. The molecule has 6 atom stereocenters. The van der Waals surface area contributed by atoms with Crippen LogP contribution in [0.15, 0.2) is 12.2 Å². The van der Waals surface area contributed by atoms with Crippen LogP contribution in [0, 0.1) is 0 Å². The van der Waals surface area contributed by atoms with Crippen LogP contribution < -0.4 is 0 Å². The van der Waals surface area contributed by atoms with Crippen LogP contribution >= 0.6 is 0 Å². The molecule has 320 valence electrons. The van der Waals surface area contributed by atoms with Crippen molar-refractivity contribution in [2.75, 3.05) is 26.4 Å². The Bertz CT molecular complexity index is 838. The molecule has 1 fully saturated rings. The van der Waals surface area contributed by atoms with Crippen LogP contribution in [0.3, 0.4) is 0 Å². The lowest BCUT2D eigenvalue weighted by Crippen LogP contribution is -2.59. The van der Waals surface area contributed by atoms with Crippen molar-refractivity contribution in [3.8, 4) is 0 Å². The van der Waals surface area contributed by atoms with E-state index >= 15 is 0 Å². The minimum absolute atomic E-state index is 0.110. The summed E-state index contributed by atoms with van der Waals surface area (Å²) in [6.07, 6.45) is 33.7. The number of esters is 1. The number of aliphatic hydroxyl groups excluding tert-OH is 4. The van der Waals surface area contributed by atoms with Crippen molar-refractivity contribution in [1.82, 2.24) is 0 Å². The molecule has 6 unspecified atom stereocenters. The average molecular weight is 771 g/mol. The summed E-state index contributed by atoms with van der Waals surface area (Å²) in [7, 11) is 0. The van der Waals surface area contributed by atoms with E-state index in [4.69, 9.17) is 18.9 Å². The maximum Gasteiger partial charge on any atom is 0.306 e. The Morgan fingerprint density at radius 1 is 0.574 bits per heavy atom. The topological polar surface area (TPSA) is 135 Å². The standard InChI is InChI=1S/C45H86O9/c1-3-5-7-9-11-13-15-17-19-20-21-22-24-26-28-30-32-34-41(47)53-39(38-52-45-44(50)43(49)42(48)40(36-46)54-45)37-51-35-33-31-29-27-25-23-18-16-14-12-10-8-6-4-2/h17,19,39-40,42-46,48-50H,3-16,18,20-38H2,1-2H3/b19-17-. The fourth-order valence-corrected chi connectivity index (χ4v) is 7.08. The van der Waals surface area contributed by atoms with E-state index in [1.807, 2.05) is 0 Å². The third kappa shape index (κ3) is 28.3. The molecule has 0 aromatic rings. The summed E-state index contributed by atoms with van der Waals surface area (Å²) in [4.78, 5) is 12.8. The van der Waals surface area contributed by atoms with E-state index in [0.29, 0.717) is 13.0 Å². The van der Waals surface area contributed by atoms with E-state index < -0.39 is 43.4 Å². The predicted molar refractivity (Wildman–Crippen MR) is 219 cm³/mol. The molecule has 0 spiro atoms. The molecule has 54 heavy (non-hydrogen) atoms. The largest absolute Gasteiger partial charge is 0.457 e. The van der Waals surface area contributed by atoms with Gasteiger partial charge in [0.2, 0.25) is 0 Å². The molecule has 1 heterocycles. The van der Waals surface area contributed by atoms with Crippen molar-refractivity contribution in [3.63, 3.8) is 0 Å². The van der Waals surface area contributed by atoms with Crippen LogP contribution in [0.2, 0.25) is 0 Å². The lowest BCUT2D eigenvalue weighted by Gasteiger charge is -2.39. The Kier molecular flexibility index (Phi) is 35.4. The normalized spacial score (nSPS) is 20.9. The van der Waals surface area contributed by atoms with Crippen molar-refractivity contribution in [2.45, 2.75) is 243 Å². The van der Waals surface area contributed by atoms with Crippen LogP contribution in [0.4, 0.5) is 0 Å². The van der Waals surface area contributed by atoms with Crippen molar-refractivity contribution >= 4 is 5.97 Å². The molecule has 0 amide bonds. The lowest BCUT2D eigenvalue weighted by molar-refractivity contribution is -0.305. The first-order valence-corrected chi connectivity index (χ1v) is 22.8. The Labute approximate surface area is 331 Å². The van der Waals surface area contributed by atoms with Crippen LogP contribution in [0.25, 0.3) is 0 Å². The highest BCUT2D eigenvalue weighted by Crippen LogP contribution is 2.23. The van der Waals surface area contributed by atoms with Gasteiger partial charge in [0.1, 0.15) is 30.5 Å². The fraction of sp³-hybridized carbons (Fsp3) is 0.933. The second kappa shape index (κ2) is 37.5. The smallest absolute Gasteiger partial charge is 0.306 e. The molecule has 1 rings (SSSR count). The molecule has 1 saturated heterocycles. The summed E-state index contributed by atoms with van der Waals surface area (Å²) in [6.45, 7) is 4.58. The van der Waals surface area contributed by atoms with E-state index in [2.05, 4.69) is 26.0 Å². The van der Waals surface area contributed by atoms with Gasteiger partial charge in [0, 0.05) is 13.0 Å². The first-order valence-electron chi connectivity index (χ1n) is 22.8. The summed E-state index contributed by atoms with van der Waals surface area (Å²) in [5.41, 5.74) is 0. The van der Waals surface area contributed by atoms with E-state index in [9.17, 15) is 25.2 Å². The highest BCUT2D eigenvalue weighted by atomic mass is 16.7. The Balaban J connectivity index is 2.25. The van der Waals surface area contributed by atoms with Gasteiger partial charge in [-0.15, -0.1) is 0 Å². The van der Waals surface area contributed by atoms with Crippen LogP contribution in [0.5, 0.6) is 0 Å². The zero-order chi connectivity index (χ0) is 39.3. The van der Waals surface area contributed by atoms with Gasteiger partial charge in [0.15, 0.2) is 6.29 Å². The van der Waals surface area contributed by atoms with Gasteiger partial charge in [-0.2, -0.15) is 0 Å². The number of allylic oxidation sites excluding steroid dienone is 2. The molecule has 0 aromatic heterocycles. The monoisotopic (exact) mass is 771 g/mol. The number of carbonyl (C=O) groups excluding carboxylic acids is 1. The van der Waals surface area contributed by atoms with E-state index in [1.54, 1.807) is 0 Å². The third-order valence-corrected chi connectivity index (χ3v) is 10.7. The van der Waals surface area contributed by atoms with Gasteiger partial charge < -0.3 is 39.4 Å². The summed E-state index contributed by atoms with van der Waals surface area (Å²) >= 11 is 0. The van der Waals surface area contributed by atoms with E-state index in [-0.39, 0.29) is 19.2 Å². The molecular weight excluding hydrogens is 684 g/mol. The second-order valence-corrected chi connectivity index (χ2v) is 15.9. The van der Waals surface area contributed by atoms with Gasteiger partial charge in [-0.1, -0.05) is 174 Å². The molecule has 0 aliphatic carbocycles. The molecule has 0 aromatic carbocycles. The summed E-state index contributed by atoms with van der Waals surface area (Å²) in [5.74, 6) is -0.315. The SMILES string of the molecule is CCCCCCCC/C=C\CCCCCCCCCC(=O)OC(COCCCCCCCCCCCCCCCC)COC1OC(CO)C(O)C(O)C1O. The summed E-state index contributed by atoms with van der Waals surface area (Å²) < 4.78 is 22.8. The van der Waals surface area contributed by atoms with Gasteiger partial charge in [0.05, 0.1) is 19.8 Å².